The topological polar surface area (TPSA) is 0 Å². The van der Waals surface area contributed by atoms with Gasteiger partial charge >= 0.3 is 0 Å². The van der Waals surface area contributed by atoms with Crippen molar-refractivity contribution in [3.8, 4) is 0 Å². The lowest BCUT2D eigenvalue weighted by Crippen LogP contribution is -2.49. The average Bonchev–Trinajstić information content (AvgIpc) is 2.16. The zero-order valence-electron chi connectivity index (χ0n) is 10.1. The second kappa shape index (κ2) is 3.84. The van der Waals surface area contributed by atoms with Crippen LogP contribution in [0.25, 0.3) is 0 Å². The van der Waals surface area contributed by atoms with Crippen LogP contribution < -0.4 is 0 Å². The molecule has 2 aliphatic carbocycles. The summed E-state index contributed by atoms with van der Waals surface area (Å²) in [5.74, 6) is 2.19. The summed E-state index contributed by atoms with van der Waals surface area (Å²) < 4.78 is 1.18. The molecule has 1 heteroatoms. The van der Waals surface area contributed by atoms with E-state index in [0.29, 0.717) is 0 Å². The number of rotatable bonds is 1. The van der Waals surface area contributed by atoms with Crippen LogP contribution in [0, 0.1) is 11.8 Å². The third-order valence-corrected chi connectivity index (χ3v) is 4.61. The Morgan fingerprint density at radius 2 is 1.43 bits per heavy atom. The standard InChI is InChI=1S/C13H26N/c1-14(2,3)13-9-8-11-6-4-5-7-12(11)10-13/h11-13H,4-10H2,1-3H3/q+1. The molecule has 0 aromatic heterocycles. The van der Waals surface area contributed by atoms with Crippen molar-refractivity contribution in [2.24, 2.45) is 11.8 Å². The fourth-order valence-electron chi connectivity index (χ4n) is 3.55. The highest BCUT2D eigenvalue weighted by Gasteiger charge is 2.37. The number of nitrogens with zero attached hydrogens (tertiary/aromatic N) is 1. The van der Waals surface area contributed by atoms with Gasteiger partial charge in [0.15, 0.2) is 0 Å². The summed E-state index contributed by atoms with van der Waals surface area (Å²) in [4.78, 5) is 0. The van der Waals surface area contributed by atoms with Crippen molar-refractivity contribution >= 4 is 0 Å². The first-order valence-corrected chi connectivity index (χ1v) is 6.38. The van der Waals surface area contributed by atoms with Crippen LogP contribution in [0.15, 0.2) is 0 Å². The Morgan fingerprint density at radius 1 is 0.786 bits per heavy atom. The highest BCUT2D eigenvalue weighted by atomic mass is 15.3. The van der Waals surface area contributed by atoms with Crippen LogP contribution in [0.2, 0.25) is 0 Å². The van der Waals surface area contributed by atoms with Crippen molar-refractivity contribution in [2.45, 2.75) is 51.0 Å². The minimum absolute atomic E-state index is 0.939. The van der Waals surface area contributed by atoms with Crippen molar-refractivity contribution in [3.63, 3.8) is 0 Å². The molecule has 0 N–H and O–H groups in total. The fraction of sp³-hybridized carbons (Fsp3) is 1.00. The number of fused-ring (bicyclic) bond motifs is 1. The monoisotopic (exact) mass is 196 g/mol. The third-order valence-electron chi connectivity index (χ3n) is 4.61. The normalized spacial score (nSPS) is 39.2. The Labute approximate surface area is 89.1 Å². The lowest BCUT2D eigenvalue weighted by molar-refractivity contribution is -0.898. The van der Waals surface area contributed by atoms with Gasteiger partial charge in [0.1, 0.15) is 0 Å². The van der Waals surface area contributed by atoms with E-state index >= 15 is 0 Å². The Morgan fingerprint density at radius 3 is 2.07 bits per heavy atom. The first kappa shape index (κ1) is 10.5. The molecule has 3 atom stereocenters. The molecule has 2 aliphatic rings. The maximum Gasteiger partial charge on any atom is 0.0887 e. The molecule has 0 radical (unpaired) electrons. The number of quaternary nitrogens is 1. The van der Waals surface area contributed by atoms with Crippen molar-refractivity contribution in [1.82, 2.24) is 0 Å². The SMILES string of the molecule is C[N+](C)(C)C1CCC2CCCCC2C1. The van der Waals surface area contributed by atoms with Gasteiger partial charge < -0.3 is 4.48 Å². The Hall–Kier alpha value is -0.0400. The highest BCUT2D eigenvalue weighted by molar-refractivity contribution is 4.83. The summed E-state index contributed by atoms with van der Waals surface area (Å²) in [6.07, 6.45) is 10.6. The molecule has 2 rings (SSSR count). The van der Waals surface area contributed by atoms with Gasteiger partial charge in [-0.1, -0.05) is 19.3 Å². The van der Waals surface area contributed by atoms with E-state index in [0.717, 1.165) is 17.9 Å². The molecule has 0 aromatic rings. The van der Waals surface area contributed by atoms with E-state index < -0.39 is 0 Å². The Balaban J connectivity index is 1.96. The van der Waals surface area contributed by atoms with Gasteiger partial charge in [0.2, 0.25) is 0 Å². The van der Waals surface area contributed by atoms with E-state index in [9.17, 15) is 0 Å². The quantitative estimate of drug-likeness (QED) is 0.565. The van der Waals surface area contributed by atoms with Crippen molar-refractivity contribution in [1.29, 1.82) is 0 Å². The molecule has 2 saturated carbocycles. The summed E-state index contributed by atoms with van der Waals surface area (Å²) in [7, 11) is 7.11. The second-order valence-electron chi connectivity index (χ2n) is 6.39. The predicted molar refractivity (Wildman–Crippen MR) is 61.1 cm³/mol. The lowest BCUT2D eigenvalue weighted by atomic mass is 9.69. The van der Waals surface area contributed by atoms with E-state index in [1.54, 1.807) is 0 Å². The van der Waals surface area contributed by atoms with Gasteiger partial charge in [-0.3, -0.25) is 0 Å². The molecule has 0 bridgehead atoms. The summed E-state index contributed by atoms with van der Waals surface area (Å²) in [6.45, 7) is 0. The van der Waals surface area contributed by atoms with E-state index in [2.05, 4.69) is 21.1 Å². The second-order valence-corrected chi connectivity index (χ2v) is 6.39. The maximum atomic E-state index is 2.37. The Bertz CT molecular complexity index is 192. The average molecular weight is 196 g/mol. The van der Waals surface area contributed by atoms with Crippen LogP contribution in [0.5, 0.6) is 0 Å². The number of hydrogen-bond donors (Lipinski definition) is 0. The van der Waals surface area contributed by atoms with E-state index in [-0.39, 0.29) is 0 Å². The molecule has 0 saturated heterocycles. The fourth-order valence-corrected chi connectivity index (χ4v) is 3.55. The van der Waals surface area contributed by atoms with Gasteiger partial charge in [-0.05, 0) is 31.1 Å². The van der Waals surface area contributed by atoms with Gasteiger partial charge in [-0.25, -0.2) is 0 Å². The molecular formula is C13H26N+. The molecule has 82 valence electrons. The van der Waals surface area contributed by atoms with Gasteiger partial charge in [-0.2, -0.15) is 0 Å². The van der Waals surface area contributed by atoms with Crippen LogP contribution in [0.3, 0.4) is 0 Å². The lowest BCUT2D eigenvalue weighted by Gasteiger charge is -2.44. The molecule has 14 heavy (non-hydrogen) atoms. The van der Waals surface area contributed by atoms with Crippen LogP contribution >= 0.6 is 0 Å². The first-order chi connectivity index (χ1) is 6.57. The summed E-state index contributed by atoms with van der Waals surface area (Å²) in [5.41, 5.74) is 0. The van der Waals surface area contributed by atoms with E-state index in [4.69, 9.17) is 0 Å². The molecule has 0 amide bonds. The minimum Gasteiger partial charge on any atom is -0.328 e. The highest BCUT2D eigenvalue weighted by Crippen LogP contribution is 2.42. The van der Waals surface area contributed by atoms with Crippen molar-refractivity contribution in [3.05, 3.63) is 0 Å². The van der Waals surface area contributed by atoms with Gasteiger partial charge in [0.05, 0.1) is 27.2 Å². The minimum atomic E-state index is 0.939. The Kier molecular flexibility index (Phi) is 2.88. The number of hydrogen-bond acceptors (Lipinski definition) is 0. The zero-order valence-corrected chi connectivity index (χ0v) is 10.1. The van der Waals surface area contributed by atoms with Gasteiger partial charge in [0, 0.05) is 6.42 Å². The zero-order chi connectivity index (χ0) is 10.2. The van der Waals surface area contributed by atoms with Crippen LogP contribution in [0.4, 0.5) is 0 Å². The van der Waals surface area contributed by atoms with E-state index in [1.807, 2.05) is 0 Å². The molecular weight excluding hydrogens is 170 g/mol. The molecule has 3 unspecified atom stereocenters. The smallest absolute Gasteiger partial charge is 0.0887 e. The summed E-state index contributed by atoms with van der Waals surface area (Å²) >= 11 is 0. The molecule has 0 aromatic carbocycles. The summed E-state index contributed by atoms with van der Waals surface area (Å²) in [6, 6.07) is 0.939. The molecule has 0 aliphatic heterocycles. The van der Waals surface area contributed by atoms with Crippen molar-refractivity contribution in [2.75, 3.05) is 21.1 Å². The third kappa shape index (κ3) is 2.13. The van der Waals surface area contributed by atoms with Crippen LogP contribution in [-0.2, 0) is 0 Å². The van der Waals surface area contributed by atoms with Gasteiger partial charge in [0.25, 0.3) is 0 Å². The molecule has 0 spiro atoms. The molecule has 0 heterocycles. The first-order valence-electron chi connectivity index (χ1n) is 6.38. The summed E-state index contributed by atoms with van der Waals surface area (Å²) in [5, 5.41) is 0. The maximum absolute atomic E-state index is 2.37. The van der Waals surface area contributed by atoms with Crippen LogP contribution in [-0.4, -0.2) is 31.7 Å². The molecule has 1 nitrogen and oxygen atoms in total. The largest absolute Gasteiger partial charge is 0.328 e. The van der Waals surface area contributed by atoms with Crippen molar-refractivity contribution < 1.29 is 4.48 Å². The molecule has 2 fully saturated rings. The van der Waals surface area contributed by atoms with E-state index in [1.165, 1.54) is 49.4 Å². The van der Waals surface area contributed by atoms with Crippen LogP contribution in [0.1, 0.15) is 44.9 Å². The predicted octanol–water partition coefficient (Wildman–Crippen LogP) is 3.05. The van der Waals surface area contributed by atoms with Gasteiger partial charge in [-0.15, -0.1) is 0 Å².